The van der Waals surface area contributed by atoms with Crippen LogP contribution in [-0.2, 0) is 4.74 Å². The first-order valence-corrected chi connectivity index (χ1v) is 4.24. The maximum atomic E-state index is 8.82. The largest absolute Gasteiger partial charge is 0.337 e. The number of thiol groups is 1. The van der Waals surface area contributed by atoms with Gasteiger partial charge in [0, 0.05) is 0 Å². The maximum absolute atomic E-state index is 8.82. The Labute approximate surface area is 63.7 Å². The smallest absolute Gasteiger partial charge is 0.206 e. The van der Waals surface area contributed by atoms with E-state index in [-0.39, 0.29) is 11.3 Å². The summed E-state index contributed by atoms with van der Waals surface area (Å²) in [7, 11) is 0. The third-order valence-electron chi connectivity index (χ3n) is 0.536. The second kappa shape index (κ2) is 5.23. The Morgan fingerprint density at radius 1 is 1.78 bits per heavy atom. The van der Waals surface area contributed by atoms with Crippen LogP contribution in [0.15, 0.2) is 0 Å². The highest BCUT2D eigenvalue weighted by Crippen LogP contribution is 1.96. The summed E-state index contributed by atoms with van der Waals surface area (Å²) >= 11 is 5.94. The van der Waals surface area contributed by atoms with Crippen LogP contribution in [0.5, 0.6) is 0 Å². The number of halogens is 1. The van der Waals surface area contributed by atoms with Gasteiger partial charge in [-0.15, -0.1) is 23.0 Å². The van der Waals surface area contributed by atoms with Crippen molar-refractivity contribution in [2.45, 2.75) is 20.0 Å². The molecule has 0 aromatic heterocycles. The van der Waals surface area contributed by atoms with E-state index in [0.717, 1.165) is 0 Å². The molecule has 0 fully saturated rings. The van der Waals surface area contributed by atoms with E-state index in [1.54, 1.807) is 0 Å². The summed E-state index contributed by atoms with van der Waals surface area (Å²) in [6.45, 7) is 3.69. The molecule has 2 nitrogen and oxygen atoms in total. The minimum Gasteiger partial charge on any atom is -0.337 e. The molecule has 0 bridgehead atoms. The molecule has 4 heteroatoms. The van der Waals surface area contributed by atoms with E-state index < -0.39 is 0 Å². The molecule has 0 unspecified atom stereocenters. The number of hydrogen-bond donors (Lipinski definition) is 2. The molecular formula is C5H11ClO2S. The van der Waals surface area contributed by atoms with Gasteiger partial charge >= 0.3 is 0 Å². The van der Waals surface area contributed by atoms with E-state index in [9.17, 15) is 0 Å². The number of rotatable bonds is 2. The van der Waals surface area contributed by atoms with Crippen LogP contribution in [0.25, 0.3) is 0 Å². The predicted molar refractivity (Wildman–Crippen MR) is 43.6 cm³/mol. The number of alkyl halides is 1. The van der Waals surface area contributed by atoms with Crippen LogP contribution in [0.3, 0.4) is 0 Å². The Morgan fingerprint density at radius 3 is 2.67 bits per heavy atom. The van der Waals surface area contributed by atoms with Crippen molar-refractivity contribution >= 4 is 28.2 Å². The van der Waals surface area contributed by atoms with Crippen molar-refractivity contribution in [2.24, 2.45) is 0 Å². The second-order valence-electron chi connectivity index (χ2n) is 1.73. The molecule has 0 aromatic rings. The first-order valence-electron chi connectivity index (χ1n) is 2.63. The number of aliphatic hydroxyl groups excluding tert-OH is 1. The lowest BCUT2D eigenvalue weighted by atomic mass is 10.5. The van der Waals surface area contributed by atoms with Crippen LogP contribution in [0.1, 0.15) is 13.8 Å². The van der Waals surface area contributed by atoms with Crippen molar-refractivity contribution in [1.29, 1.82) is 0 Å². The first-order chi connectivity index (χ1) is 4.16. The van der Waals surface area contributed by atoms with Crippen LogP contribution in [-0.4, -0.2) is 21.7 Å². The third-order valence-corrected chi connectivity index (χ3v) is 1.39. The zero-order chi connectivity index (χ0) is 7.28. The summed E-state index contributed by atoms with van der Waals surface area (Å²) in [6, 6.07) is 0. The molecule has 0 saturated carbocycles. The van der Waals surface area contributed by atoms with Crippen molar-refractivity contribution in [3.05, 3.63) is 0 Å². The van der Waals surface area contributed by atoms with Crippen molar-refractivity contribution < 1.29 is 9.84 Å². The topological polar surface area (TPSA) is 29.5 Å². The minimum atomic E-state index is 0.000000000000000222. The van der Waals surface area contributed by atoms with Gasteiger partial charge in [-0.05, 0) is 13.8 Å². The van der Waals surface area contributed by atoms with Crippen LogP contribution in [0, 0.1) is 0 Å². The molecule has 0 heterocycles. The Bertz CT molecular complexity index is 103. The van der Waals surface area contributed by atoms with Gasteiger partial charge in [0.1, 0.15) is 0 Å². The monoisotopic (exact) mass is 170 g/mol. The molecule has 0 amide bonds. The molecule has 1 N–H and O–H groups in total. The van der Waals surface area contributed by atoms with Gasteiger partial charge in [-0.1, -0.05) is 0 Å². The van der Waals surface area contributed by atoms with Crippen LogP contribution >= 0.6 is 23.0 Å². The summed E-state index contributed by atoms with van der Waals surface area (Å²) < 4.78 is 4.87. The number of aliphatic hydroxyl groups is 1. The van der Waals surface area contributed by atoms with E-state index in [1.165, 1.54) is 0 Å². The Morgan fingerprint density at radius 2 is 2.33 bits per heavy atom. The molecule has 0 radical (unpaired) electrons. The predicted octanol–water partition coefficient (Wildman–Crippen LogP) is 1.72. The molecule has 0 rings (SSSR count). The van der Waals surface area contributed by atoms with Crippen LogP contribution in [0.2, 0.25) is 0 Å². The summed E-state index contributed by atoms with van der Waals surface area (Å²) in [5.41, 5.74) is 0. The van der Waals surface area contributed by atoms with Crippen LogP contribution < -0.4 is 0 Å². The quantitative estimate of drug-likeness (QED) is 0.376. The fraction of sp³-hybridized carbons (Fsp3) is 0.800. The molecule has 0 aromatic carbocycles. The van der Waals surface area contributed by atoms with E-state index >= 15 is 0 Å². The average molecular weight is 171 g/mol. The summed E-state index contributed by atoms with van der Waals surface area (Å²) in [5.74, 6) is 0. The molecule has 0 spiro atoms. The molecule has 0 aliphatic heterocycles. The van der Waals surface area contributed by atoms with Crippen molar-refractivity contribution in [1.82, 2.24) is 0 Å². The van der Waals surface area contributed by atoms with Gasteiger partial charge in [-0.25, -0.2) is 0 Å². The number of ether oxygens (including phenoxy) is 1. The fourth-order valence-corrected chi connectivity index (χ4v) is 0.994. The molecule has 56 valence electrons. The molecule has 0 atom stereocenters. The summed E-state index contributed by atoms with van der Waals surface area (Å²) in [6.07, 6.45) is 0.0284. The zero-order valence-corrected chi connectivity index (χ0v) is 7.12. The van der Waals surface area contributed by atoms with Gasteiger partial charge in [-0.3, -0.25) is 0 Å². The lowest BCUT2D eigenvalue weighted by Crippen LogP contribution is -2.08. The van der Waals surface area contributed by atoms with Gasteiger partial charge in [0.25, 0.3) is 0 Å². The van der Waals surface area contributed by atoms with Gasteiger partial charge in [-0.2, -0.15) is 0 Å². The molecular weight excluding hydrogens is 160 g/mol. The second-order valence-corrected chi connectivity index (χ2v) is 3.38. The SMILES string of the molecule is CC(C)OC(O)=[SH]CCl. The lowest BCUT2D eigenvalue weighted by Gasteiger charge is -2.03. The van der Waals surface area contributed by atoms with Crippen LogP contribution in [0.4, 0.5) is 0 Å². The van der Waals surface area contributed by atoms with E-state index in [0.29, 0.717) is 16.6 Å². The average Bonchev–Trinajstić information content (AvgIpc) is 1.63. The van der Waals surface area contributed by atoms with Gasteiger partial charge < -0.3 is 9.84 Å². The summed E-state index contributed by atoms with van der Waals surface area (Å²) in [5, 5.41) is 9.19. The van der Waals surface area contributed by atoms with Crippen molar-refractivity contribution in [3.63, 3.8) is 0 Å². The maximum Gasteiger partial charge on any atom is 0.206 e. The van der Waals surface area contributed by atoms with E-state index in [2.05, 4.69) is 0 Å². The van der Waals surface area contributed by atoms with Gasteiger partial charge in [0.15, 0.2) is 0 Å². The van der Waals surface area contributed by atoms with Crippen molar-refractivity contribution in [2.75, 3.05) is 5.21 Å². The molecule has 0 aliphatic rings. The van der Waals surface area contributed by atoms with E-state index in [4.69, 9.17) is 21.4 Å². The number of hydrogen-bond acceptors (Lipinski definition) is 1. The standard InChI is InChI=1S/C5H11ClO2S/c1-4(2)8-5(7)9-3-6/h4,7,9H,3H2,1-2H3. The van der Waals surface area contributed by atoms with Gasteiger partial charge in [0.2, 0.25) is 5.24 Å². The highest BCUT2D eigenvalue weighted by Gasteiger charge is 1.94. The Hall–Kier alpha value is 0.430. The van der Waals surface area contributed by atoms with Gasteiger partial charge in [0.05, 0.1) is 11.3 Å². The molecule has 0 aliphatic carbocycles. The van der Waals surface area contributed by atoms with Crippen molar-refractivity contribution in [3.8, 4) is 0 Å². The Kier molecular flexibility index (Phi) is 5.48. The first kappa shape index (κ1) is 9.43. The highest BCUT2D eigenvalue weighted by atomic mass is 35.5. The van der Waals surface area contributed by atoms with E-state index in [1.807, 2.05) is 13.8 Å². The lowest BCUT2D eigenvalue weighted by molar-refractivity contribution is 0.182. The fourth-order valence-electron chi connectivity index (χ4n) is 0.299. The Balaban J connectivity index is 3.49. The highest BCUT2D eigenvalue weighted by molar-refractivity contribution is 7.99. The third kappa shape index (κ3) is 6.31. The zero-order valence-electron chi connectivity index (χ0n) is 5.47. The summed E-state index contributed by atoms with van der Waals surface area (Å²) in [4.78, 5) is 0. The minimum absolute atomic E-state index is 0.000000000000000222. The molecule has 0 saturated heterocycles. The normalized spacial score (nSPS) is 13.7. The molecule has 9 heavy (non-hydrogen) atoms.